The van der Waals surface area contributed by atoms with Gasteiger partial charge in [0, 0.05) is 10.6 Å². The minimum Gasteiger partial charge on any atom is -0.497 e. The average molecular weight is 354 g/mol. The second kappa shape index (κ2) is 7.35. The molecule has 2 N–H and O–H groups in total. The fourth-order valence-electron chi connectivity index (χ4n) is 1.82. The van der Waals surface area contributed by atoms with Crippen molar-refractivity contribution < 1.29 is 19.1 Å². The molecule has 0 aliphatic rings. The largest absolute Gasteiger partial charge is 0.497 e. The lowest BCUT2D eigenvalue weighted by atomic mass is 10.1. The van der Waals surface area contributed by atoms with Gasteiger partial charge >= 0.3 is 5.97 Å². The summed E-state index contributed by atoms with van der Waals surface area (Å²) < 4.78 is 9.98. The van der Waals surface area contributed by atoms with Crippen LogP contribution >= 0.6 is 23.2 Å². The standard InChI is InChI=1S/C16H13Cl2NO4/c1-22-11-4-2-9(3-5-11)14(20)8-23-16(21)12-6-10(17)7-13(18)15(12)19/h2-7H,8,19H2,1H3. The van der Waals surface area contributed by atoms with Gasteiger partial charge in [-0.05, 0) is 36.4 Å². The van der Waals surface area contributed by atoms with Gasteiger partial charge < -0.3 is 15.2 Å². The molecular formula is C16H13Cl2NO4. The summed E-state index contributed by atoms with van der Waals surface area (Å²) in [6.07, 6.45) is 0. The summed E-state index contributed by atoms with van der Waals surface area (Å²) in [4.78, 5) is 24.0. The molecule has 0 unspecified atom stereocenters. The van der Waals surface area contributed by atoms with Gasteiger partial charge in [0.15, 0.2) is 12.4 Å². The second-order valence-electron chi connectivity index (χ2n) is 4.58. The van der Waals surface area contributed by atoms with Crippen molar-refractivity contribution >= 4 is 40.6 Å². The smallest absolute Gasteiger partial charge is 0.340 e. The number of ketones is 1. The summed E-state index contributed by atoms with van der Waals surface area (Å²) in [5.74, 6) is -0.499. The van der Waals surface area contributed by atoms with Crippen LogP contribution in [-0.2, 0) is 4.74 Å². The van der Waals surface area contributed by atoms with Gasteiger partial charge in [-0.1, -0.05) is 23.2 Å². The molecule has 23 heavy (non-hydrogen) atoms. The molecule has 0 atom stereocenters. The van der Waals surface area contributed by atoms with E-state index in [2.05, 4.69) is 0 Å². The number of esters is 1. The molecule has 0 saturated heterocycles. The molecule has 0 radical (unpaired) electrons. The maximum absolute atomic E-state index is 12.0. The topological polar surface area (TPSA) is 78.6 Å². The number of methoxy groups -OCH3 is 1. The van der Waals surface area contributed by atoms with E-state index in [-0.39, 0.29) is 27.1 Å². The fraction of sp³-hybridized carbons (Fsp3) is 0.125. The van der Waals surface area contributed by atoms with Crippen LogP contribution in [0.2, 0.25) is 10.0 Å². The van der Waals surface area contributed by atoms with Crippen LogP contribution in [0.1, 0.15) is 20.7 Å². The molecule has 0 spiro atoms. The van der Waals surface area contributed by atoms with E-state index in [9.17, 15) is 9.59 Å². The van der Waals surface area contributed by atoms with Gasteiger partial charge in [0.2, 0.25) is 0 Å². The molecule has 0 bridgehead atoms. The molecule has 0 aliphatic heterocycles. The highest BCUT2D eigenvalue weighted by Gasteiger charge is 2.17. The molecule has 2 aromatic carbocycles. The van der Waals surface area contributed by atoms with Crippen LogP contribution in [0.3, 0.4) is 0 Å². The van der Waals surface area contributed by atoms with Crippen LogP contribution < -0.4 is 10.5 Å². The van der Waals surface area contributed by atoms with Crippen molar-refractivity contribution in [2.24, 2.45) is 0 Å². The number of anilines is 1. The second-order valence-corrected chi connectivity index (χ2v) is 5.42. The minimum atomic E-state index is -0.770. The lowest BCUT2D eigenvalue weighted by Gasteiger charge is -2.08. The number of nitrogen functional groups attached to an aromatic ring is 1. The third kappa shape index (κ3) is 4.15. The van der Waals surface area contributed by atoms with Crippen molar-refractivity contribution in [1.82, 2.24) is 0 Å². The lowest BCUT2D eigenvalue weighted by Crippen LogP contribution is -2.15. The summed E-state index contributed by atoms with van der Waals surface area (Å²) in [5, 5.41) is 0.392. The van der Waals surface area contributed by atoms with Crippen molar-refractivity contribution in [1.29, 1.82) is 0 Å². The van der Waals surface area contributed by atoms with Gasteiger partial charge in [-0.15, -0.1) is 0 Å². The van der Waals surface area contributed by atoms with Gasteiger partial charge in [-0.2, -0.15) is 0 Å². The van der Waals surface area contributed by atoms with Crippen LogP contribution in [0.4, 0.5) is 5.69 Å². The number of hydrogen-bond acceptors (Lipinski definition) is 5. The highest BCUT2D eigenvalue weighted by molar-refractivity contribution is 6.37. The molecule has 0 amide bonds. The first kappa shape index (κ1) is 17.1. The zero-order valence-corrected chi connectivity index (χ0v) is 13.6. The number of nitrogens with two attached hydrogens (primary N) is 1. The Hall–Kier alpha value is -2.24. The first-order valence-corrected chi connectivity index (χ1v) is 7.27. The Bertz CT molecular complexity index is 744. The molecule has 120 valence electrons. The highest BCUT2D eigenvalue weighted by Crippen LogP contribution is 2.28. The Labute approximate surface area is 142 Å². The van der Waals surface area contributed by atoms with Crippen molar-refractivity contribution in [3.8, 4) is 5.75 Å². The predicted octanol–water partition coefficient (Wildman–Crippen LogP) is 3.62. The summed E-state index contributed by atoms with van der Waals surface area (Å²) in [6, 6.07) is 9.20. The third-order valence-electron chi connectivity index (χ3n) is 3.06. The molecule has 0 heterocycles. The van der Waals surface area contributed by atoms with Crippen LogP contribution in [0.25, 0.3) is 0 Å². The molecule has 0 aliphatic carbocycles. The monoisotopic (exact) mass is 353 g/mol. The number of carbonyl (C=O) groups excluding carboxylic acids is 2. The van der Waals surface area contributed by atoms with Crippen LogP contribution in [0.5, 0.6) is 5.75 Å². The van der Waals surface area contributed by atoms with E-state index in [0.717, 1.165) is 0 Å². The van der Waals surface area contributed by atoms with Crippen molar-refractivity contribution in [2.75, 3.05) is 19.5 Å². The Morgan fingerprint density at radius 2 is 1.78 bits per heavy atom. The molecule has 2 rings (SSSR count). The number of ether oxygens (including phenoxy) is 2. The zero-order valence-electron chi connectivity index (χ0n) is 12.1. The SMILES string of the molecule is COc1ccc(C(=O)COC(=O)c2cc(Cl)cc(Cl)c2N)cc1. The lowest BCUT2D eigenvalue weighted by molar-refractivity contribution is 0.0476. The van der Waals surface area contributed by atoms with E-state index in [1.807, 2.05) is 0 Å². The van der Waals surface area contributed by atoms with E-state index < -0.39 is 12.6 Å². The Kier molecular flexibility index (Phi) is 5.47. The predicted molar refractivity (Wildman–Crippen MR) is 88.5 cm³/mol. The van der Waals surface area contributed by atoms with Gasteiger partial charge in [0.1, 0.15) is 5.75 Å². The van der Waals surface area contributed by atoms with Gasteiger partial charge in [-0.25, -0.2) is 4.79 Å². The number of benzene rings is 2. The van der Waals surface area contributed by atoms with Crippen LogP contribution in [0, 0.1) is 0 Å². The molecule has 5 nitrogen and oxygen atoms in total. The number of rotatable bonds is 5. The van der Waals surface area contributed by atoms with Crippen LogP contribution in [-0.4, -0.2) is 25.5 Å². The molecule has 2 aromatic rings. The van der Waals surface area contributed by atoms with E-state index in [1.165, 1.54) is 19.2 Å². The maximum Gasteiger partial charge on any atom is 0.340 e. The first-order valence-electron chi connectivity index (χ1n) is 6.51. The first-order chi connectivity index (χ1) is 10.9. The fourth-order valence-corrected chi connectivity index (χ4v) is 2.32. The molecular weight excluding hydrogens is 341 g/mol. The van der Waals surface area contributed by atoms with Gasteiger partial charge in [-0.3, -0.25) is 4.79 Å². The van der Waals surface area contributed by atoms with Crippen molar-refractivity contribution in [3.63, 3.8) is 0 Å². The molecule has 0 aromatic heterocycles. The number of halogens is 2. The normalized spacial score (nSPS) is 10.2. The van der Waals surface area contributed by atoms with Crippen molar-refractivity contribution in [2.45, 2.75) is 0 Å². The summed E-state index contributed by atoms with van der Waals surface area (Å²) in [6.45, 7) is -0.422. The van der Waals surface area contributed by atoms with Crippen LogP contribution in [0.15, 0.2) is 36.4 Å². The van der Waals surface area contributed by atoms with Crippen molar-refractivity contribution in [3.05, 3.63) is 57.6 Å². The Morgan fingerprint density at radius 1 is 1.13 bits per heavy atom. The highest BCUT2D eigenvalue weighted by atomic mass is 35.5. The van der Waals surface area contributed by atoms with E-state index in [0.29, 0.717) is 11.3 Å². The number of Topliss-reactive ketones (excluding diaryl/α,β-unsaturated/α-hetero) is 1. The van der Waals surface area contributed by atoms with E-state index in [1.54, 1.807) is 24.3 Å². The Balaban J connectivity index is 2.05. The Morgan fingerprint density at radius 3 is 2.39 bits per heavy atom. The summed E-state index contributed by atoms with van der Waals surface area (Å²) >= 11 is 11.7. The number of hydrogen-bond donors (Lipinski definition) is 1. The van der Waals surface area contributed by atoms with E-state index >= 15 is 0 Å². The summed E-state index contributed by atoms with van der Waals surface area (Å²) in [5.41, 5.74) is 6.18. The summed E-state index contributed by atoms with van der Waals surface area (Å²) in [7, 11) is 1.53. The van der Waals surface area contributed by atoms with Gasteiger partial charge in [0.05, 0.1) is 23.4 Å². The third-order valence-corrected chi connectivity index (χ3v) is 3.59. The zero-order chi connectivity index (χ0) is 17.0. The maximum atomic E-state index is 12.0. The minimum absolute atomic E-state index is 0.0185. The van der Waals surface area contributed by atoms with E-state index in [4.69, 9.17) is 38.4 Å². The number of carbonyl (C=O) groups is 2. The average Bonchev–Trinajstić information content (AvgIpc) is 2.55. The van der Waals surface area contributed by atoms with Gasteiger partial charge in [0.25, 0.3) is 0 Å². The molecule has 0 saturated carbocycles. The molecule has 7 heteroatoms. The molecule has 0 fully saturated rings. The quantitative estimate of drug-likeness (QED) is 0.504.